The van der Waals surface area contributed by atoms with Gasteiger partial charge in [0, 0.05) is 12.6 Å². The second kappa shape index (κ2) is 5.88. The highest BCUT2D eigenvalue weighted by molar-refractivity contribution is 7.99. The van der Waals surface area contributed by atoms with Crippen molar-refractivity contribution in [2.24, 2.45) is 5.73 Å². The lowest BCUT2D eigenvalue weighted by Gasteiger charge is -2.46. The molecule has 0 bridgehead atoms. The molecule has 2 N–H and O–H groups in total. The van der Waals surface area contributed by atoms with E-state index in [-0.39, 0.29) is 5.60 Å². The molecule has 0 radical (unpaired) electrons. The van der Waals surface area contributed by atoms with Crippen molar-refractivity contribution in [1.82, 2.24) is 4.90 Å². The first-order chi connectivity index (χ1) is 9.20. The molecule has 3 heterocycles. The molecule has 3 saturated heterocycles. The van der Waals surface area contributed by atoms with Crippen LogP contribution in [0, 0.1) is 0 Å². The maximum absolute atomic E-state index is 6.19. The van der Waals surface area contributed by atoms with Gasteiger partial charge in [-0.25, -0.2) is 0 Å². The predicted octanol–water partition coefficient (Wildman–Crippen LogP) is 2.18. The molecule has 3 aliphatic rings. The molecule has 2 atom stereocenters. The number of hydrogen-bond donors (Lipinski definition) is 1. The number of thiocarbonyl (C=S) groups is 1. The van der Waals surface area contributed by atoms with E-state index in [1.54, 1.807) is 0 Å². The average Bonchev–Trinajstić information content (AvgIpc) is 2.89. The molecule has 1 spiro atoms. The lowest BCUT2D eigenvalue weighted by atomic mass is 9.84. The number of rotatable bonds is 2. The Morgan fingerprint density at radius 2 is 2.11 bits per heavy atom. The summed E-state index contributed by atoms with van der Waals surface area (Å²) in [6.07, 6.45) is 7.16. The third kappa shape index (κ3) is 2.94. The summed E-state index contributed by atoms with van der Waals surface area (Å²) in [7, 11) is 0. The third-order valence-corrected chi connectivity index (χ3v) is 6.22. The quantitative estimate of drug-likeness (QED) is 0.791. The first-order valence-electron chi connectivity index (χ1n) is 7.47. The van der Waals surface area contributed by atoms with Gasteiger partial charge in [-0.15, -0.1) is 0 Å². The van der Waals surface area contributed by atoms with E-state index < -0.39 is 0 Å². The molecule has 0 amide bonds. The van der Waals surface area contributed by atoms with Crippen molar-refractivity contribution in [3.05, 3.63) is 0 Å². The second-order valence-corrected chi connectivity index (χ2v) is 7.78. The normalized spacial score (nSPS) is 35.6. The molecule has 5 heteroatoms. The average molecular weight is 300 g/mol. The van der Waals surface area contributed by atoms with E-state index in [9.17, 15) is 0 Å². The molecular weight excluding hydrogens is 276 g/mol. The molecule has 0 aromatic heterocycles. The monoisotopic (exact) mass is 300 g/mol. The number of ether oxygens (including phenoxy) is 1. The zero-order valence-corrected chi connectivity index (χ0v) is 13.1. The molecular formula is C14H24N2OS2. The predicted molar refractivity (Wildman–Crippen MR) is 84.8 cm³/mol. The van der Waals surface area contributed by atoms with Gasteiger partial charge in [-0.1, -0.05) is 12.2 Å². The van der Waals surface area contributed by atoms with Gasteiger partial charge in [-0.2, -0.15) is 11.8 Å². The Balaban J connectivity index is 1.69. The summed E-state index contributed by atoms with van der Waals surface area (Å²) >= 11 is 7.32. The number of nitrogens with zero attached hydrogens (tertiary/aromatic N) is 1. The lowest BCUT2D eigenvalue weighted by Crippen LogP contribution is -2.53. The fraction of sp³-hybridized carbons (Fsp3) is 0.929. The molecule has 3 rings (SSSR count). The molecule has 2 unspecified atom stereocenters. The maximum Gasteiger partial charge on any atom is 0.0902 e. The summed E-state index contributed by atoms with van der Waals surface area (Å²) in [6.45, 7) is 2.08. The Kier molecular flexibility index (Phi) is 4.37. The van der Waals surface area contributed by atoms with Crippen molar-refractivity contribution < 1.29 is 4.74 Å². The van der Waals surface area contributed by atoms with Crippen LogP contribution in [0.4, 0.5) is 0 Å². The molecule has 3 aliphatic heterocycles. The Bertz CT molecular complexity index is 339. The SMILES string of the molecule is NC(=S)C1CCCN1C1CCOC2(CCSCC2)C1. The van der Waals surface area contributed by atoms with E-state index in [4.69, 9.17) is 22.7 Å². The van der Waals surface area contributed by atoms with E-state index in [0.717, 1.165) is 26.0 Å². The molecule has 0 aliphatic carbocycles. The van der Waals surface area contributed by atoms with Gasteiger partial charge in [0.2, 0.25) is 0 Å². The zero-order valence-electron chi connectivity index (χ0n) is 11.5. The van der Waals surface area contributed by atoms with Crippen LogP contribution in [-0.2, 0) is 4.74 Å². The van der Waals surface area contributed by atoms with Crippen molar-refractivity contribution in [3.8, 4) is 0 Å². The molecule has 0 aromatic carbocycles. The minimum absolute atomic E-state index is 0.164. The summed E-state index contributed by atoms with van der Waals surface area (Å²) in [5.74, 6) is 2.51. The summed E-state index contributed by atoms with van der Waals surface area (Å²) in [6, 6.07) is 0.971. The van der Waals surface area contributed by atoms with Crippen molar-refractivity contribution >= 4 is 29.0 Å². The summed E-state index contributed by atoms with van der Waals surface area (Å²) in [5.41, 5.74) is 6.08. The lowest BCUT2D eigenvalue weighted by molar-refractivity contribution is -0.109. The highest BCUT2D eigenvalue weighted by Crippen LogP contribution is 2.40. The number of thioether (sulfide) groups is 1. The Morgan fingerprint density at radius 1 is 1.32 bits per heavy atom. The van der Waals surface area contributed by atoms with Gasteiger partial charge in [-0.05, 0) is 56.6 Å². The largest absolute Gasteiger partial charge is 0.392 e. The van der Waals surface area contributed by atoms with Crippen LogP contribution in [0.5, 0.6) is 0 Å². The maximum atomic E-state index is 6.19. The van der Waals surface area contributed by atoms with Crippen LogP contribution in [-0.4, -0.2) is 52.2 Å². The number of hydrogen-bond acceptors (Lipinski definition) is 4. The van der Waals surface area contributed by atoms with E-state index in [0.29, 0.717) is 17.1 Å². The molecule has 0 aromatic rings. The fourth-order valence-corrected chi connectivity index (χ4v) is 5.40. The van der Waals surface area contributed by atoms with Gasteiger partial charge < -0.3 is 10.5 Å². The molecule has 0 saturated carbocycles. The Labute approximate surface area is 125 Å². The second-order valence-electron chi connectivity index (χ2n) is 6.09. The van der Waals surface area contributed by atoms with Crippen LogP contribution >= 0.6 is 24.0 Å². The van der Waals surface area contributed by atoms with Crippen molar-refractivity contribution in [2.45, 2.75) is 56.2 Å². The fourth-order valence-electron chi connectivity index (χ4n) is 3.91. The van der Waals surface area contributed by atoms with E-state index in [2.05, 4.69) is 16.7 Å². The van der Waals surface area contributed by atoms with E-state index in [1.165, 1.54) is 37.2 Å². The minimum atomic E-state index is 0.164. The van der Waals surface area contributed by atoms with Crippen LogP contribution in [0.1, 0.15) is 38.5 Å². The molecule has 3 nitrogen and oxygen atoms in total. The van der Waals surface area contributed by atoms with E-state index in [1.807, 2.05) is 0 Å². The first kappa shape index (κ1) is 14.1. The smallest absolute Gasteiger partial charge is 0.0902 e. The van der Waals surface area contributed by atoms with Gasteiger partial charge in [-0.3, -0.25) is 4.90 Å². The number of likely N-dealkylation sites (tertiary alicyclic amines) is 1. The van der Waals surface area contributed by atoms with Crippen molar-refractivity contribution in [2.75, 3.05) is 24.7 Å². The van der Waals surface area contributed by atoms with Gasteiger partial charge >= 0.3 is 0 Å². The minimum Gasteiger partial charge on any atom is -0.392 e. The molecule has 108 valence electrons. The van der Waals surface area contributed by atoms with Crippen LogP contribution < -0.4 is 5.73 Å². The van der Waals surface area contributed by atoms with Crippen LogP contribution in [0.25, 0.3) is 0 Å². The standard InChI is InChI=1S/C14H24N2OS2/c15-13(18)12-2-1-6-16(12)11-3-7-17-14(10-11)4-8-19-9-5-14/h11-12H,1-10H2,(H2,15,18). The zero-order chi connectivity index (χ0) is 13.3. The molecule has 19 heavy (non-hydrogen) atoms. The van der Waals surface area contributed by atoms with Crippen LogP contribution in [0.2, 0.25) is 0 Å². The van der Waals surface area contributed by atoms with Gasteiger partial charge in [0.15, 0.2) is 0 Å². The highest BCUT2D eigenvalue weighted by atomic mass is 32.2. The summed E-state index contributed by atoms with van der Waals surface area (Å²) in [4.78, 5) is 3.27. The van der Waals surface area contributed by atoms with Gasteiger partial charge in [0.05, 0.1) is 16.6 Å². The summed E-state index contributed by atoms with van der Waals surface area (Å²) < 4.78 is 6.19. The van der Waals surface area contributed by atoms with Crippen LogP contribution in [0.15, 0.2) is 0 Å². The van der Waals surface area contributed by atoms with Crippen molar-refractivity contribution in [3.63, 3.8) is 0 Å². The van der Waals surface area contributed by atoms with Crippen molar-refractivity contribution in [1.29, 1.82) is 0 Å². The van der Waals surface area contributed by atoms with Crippen LogP contribution in [0.3, 0.4) is 0 Å². The topological polar surface area (TPSA) is 38.5 Å². The van der Waals surface area contributed by atoms with Gasteiger partial charge in [0.25, 0.3) is 0 Å². The Morgan fingerprint density at radius 3 is 2.84 bits per heavy atom. The highest BCUT2D eigenvalue weighted by Gasteiger charge is 2.43. The first-order valence-corrected chi connectivity index (χ1v) is 9.03. The van der Waals surface area contributed by atoms with Gasteiger partial charge in [0.1, 0.15) is 0 Å². The summed E-state index contributed by atoms with van der Waals surface area (Å²) in [5, 5.41) is 0. The molecule has 3 fully saturated rings. The number of nitrogens with two attached hydrogens (primary N) is 1. The van der Waals surface area contributed by atoms with E-state index >= 15 is 0 Å². The third-order valence-electron chi connectivity index (χ3n) is 4.96. The Hall–Kier alpha value is 0.160.